The number of ether oxygens (including phenoxy) is 2. The summed E-state index contributed by atoms with van der Waals surface area (Å²) in [5, 5.41) is 0. The van der Waals surface area contributed by atoms with Crippen LogP contribution >= 0.6 is 0 Å². The normalized spacial score (nSPS) is 13.1. The van der Waals surface area contributed by atoms with Crippen molar-refractivity contribution >= 4 is 11.8 Å². The summed E-state index contributed by atoms with van der Waals surface area (Å²) in [5.41, 5.74) is 0.945. The Balaban J connectivity index is 1.94. The number of methoxy groups -OCH3 is 2. The molecule has 0 spiro atoms. The molecule has 1 aromatic rings. The minimum atomic E-state index is 0.114. The summed E-state index contributed by atoms with van der Waals surface area (Å²) in [6.07, 6.45) is 5.44. The molecule has 162 valence electrons. The Kier molecular flexibility index (Phi) is 9.29. The Bertz CT molecular complexity index is 667. The lowest BCUT2D eigenvalue weighted by Gasteiger charge is -2.24. The van der Waals surface area contributed by atoms with Crippen molar-refractivity contribution in [1.82, 2.24) is 9.80 Å². The van der Waals surface area contributed by atoms with Gasteiger partial charge in [0.15, 0.2) is 0 Å². The van der Waals surface area contributed by atoms with E-state index in [0.717, 1.165) is 55.8 Å². The maximum Gasteiger partial charge on any atom is 0.223 e. The standard InChI is InChI=1S/C23H36N2O4/c1-5-14-24(15-6-2)22(26)8-7-9-23(27)25(19-10-11-19)17-18-16-20(28-3)12-13-21(18)29-4/h12-13,16,19H,5-11,14-15,17H2,1-4H3. The largest absolute Gasteiger partial charge is 0.497 e. The summed E-state index contributed by atoms with van der Waals surface area (Å²) < 4.78 is 10.8. The summed E-state index contributed by atoms with van der Waals surface area (Å²) in [4.78, 5) is 29.2. The predicted octanol–water partition coefficient (Wildman–Crippen LogP) is 4.01. The van der Waals surface area contributed by atoms with Gasteiger partial charge in [-0.3, -0.25) is 9.59 Å². The highest BCUT2D eigenvalue weighted by Gasteiger charge is 2.33. The zero-order chi connectivity index (χ0) is 21.2. The minimum Gasteiger partial charge on any atom is -0.497 e. The quantitative estimate of drug-likeness (QED) is 0.498. The van der Waals surface area contributed by atoms with Gasteiger partial charge < -0.3 is 19.3 Å². The third kappa shape index (κ3) is 6.94. The van der Waals surface area contributed by atoms with Gasteiger partial charge in [0, 0.05) is 44.1 Å². The summed E-state index contributed by atoms with van der Waals surface area (Å²) in [6.45, 7) is 6.27. The van der Waals surface area contributed by atoms with Gasteiger partial charge in [0.2, 0.25) is 11.8 Å². The van der Waals surface area contributed by atoms with Crippen LogP contribution in [-0.2, 0) is 16.1 Å². The van der Waals surface area contributed by atoms with Crippen molar-refractivity contribution in [1.29, 1.82) is 0 Å². The molecule has 0 unspecified atom stereocenters. The summed E-state index contributed by atoms with van der Waals surface area (Å²) in [5.74, 6) is 1.78. The third-order valence-corrected chi connectivity index (χ3v) is 5.26. The Hall–Kier alpha value is -2.24. The van der Waals surface area contributed by atoms with E-state index < -0.39 is 0 Å². The first-order chi connectivity index (χ1) is 14.0. The van der Waals surface area contributed by atoms with Gasteiger partial charge in [-0.25, -0.2) is 0 Å². The summed E-state index contributed by atoms with van der Waals surface area (Å²) in [6, 6.07) is 5.96. The van der Waals surface area contributed by atoms with Crippen LogP contribution in [0.25, 0.3) is 0 Å². The van der Waals surface area contributed by atoms with Crippen molar-refractivity contribution in [2.24, 2.45) is 0 Å². The molecule has 2 rings (SSSR count). The second-order valence-corrected chi connectivity index (χ2v) is 7.66. The van der Waals surface area contributed by atoms with E-state index in [0.29, 0.717) is 31.8 Å². The molecule has 0 saturated heterocycles. The zero-order valence-corrected chi connectivity index (χ0v) is 18.4. The van der Waals surface area contributed by atoms with Crippen LogP contribution in [0.1, 0.15) is 64.4 Å². The highest BCUT2D eigenvalue weighted by molar-refractivity contribution is 5.79. The maximum atomic E-state index is 12.9. The molecule has 0 aromatic heterocycles. The lowest BCUT2D eigenvalue weighted by Crippen LogP contribution is -2.34. The topological polar surface area (TPSA) is 59.1 Å². The van der Waals surface area contributed by atoms with Crippen LogP contribution in [0.2, 0.25) is 0 Å². The molecule has 0 bridgehead atoms. The Morgan fingerprint density at radius 3 is 2.21 bits per heavy atom. The number of carbonyl (C=O) groups excluding carboxylic acids is 2. The van der Waals surface area contributed by atoms with Gasteiger partial charge in [0.05, 0.1) is 14.2 Å². The minimum absolute atomic E-state index is 0.114. The van der Waals surface area contributed by atoms with Crippen LogP contribution in [0, 0.1) is 0 Å². The zero-order valence-electron chi connectivity index (χ0n) is 18.4. The molecule has 29 heavy (non-hydrogen) atoms. The molecule has 6 heteroatoms. The average molecular weight is 405 g/mol. The Labute approximate surface area is 175 Å². The molecule has 1 aliphatic carbocycles. The van der Waals surface area contributed by atoms with Crippen molar-refractivity contribution < 1.29 is 19.1 Å². The predicted molar refractivity (Wildman–Crippen MR) is 114 cm³/mol. The van der Waals surface area contributed by atoms with Crippen molar-refractivity contribution in [3.63, 3.8) is 0 Å². The van der Waals surface area contributed by atoms with Crippen molar-refractivity contribution in [2.45, 2.75) is 71.4 Å². The highest BCUT2D eigenvalue weighted by Crippen LogP contribution is 2.32. The Morgan fingerprint density at radius 1 is 1.00 bits per heavy atom. The summed E-state index contributed by atoms with van der Waals surface area (Å²) >= 11 is 0. The highest BCUT2D eigenvalue weighted by atomic mass is 16.5. The molecule has 0 aliphatic heterocycles. The number of benzene rings is 1. The first-order valence-corrected chi connectivity index (χ1v) is 10.8. The number of carbonyl (C=O) groups is 2. The fraction of sp³-hybridized carbons (Fsp3) is 0.652. The van der Waals surface area contributed by atoms with Crippen molar-refractivity contribution in [2.75, 3.05) is 27.3 Å². The van der Waals surface area contributed by atoms with Crippen molar-refractivity contribution in [3.05, 3.63) is 23.8 Å². The summed E-state index contributed by atoms with van der Waals surface area (Å²) in [7, 11) is 3.27. The fourth-order valence-electron chi connectivity index (χ4n) is 3.59. The fourth-order valence-corrected chi connectivity index (χ4v) is 3.59. The van der Waals surface area contributed by atoms with Gasteiger partial charge >= 0.3 is 0 Å². The molecule has 0 atom stereocenters. The SMILES string of the molecule is CCCN(CCC)C(=O)CCCC(=O)N(Cc1cc(OC)ccc1OC)C1CC1. The molecule has 0 heterocycles. The number of amides is 2. The lowest BCUT2D eigenvalue weighted by atomic mass is 10.1. The van der Waals surface area contributed by atoms with Crippen LogP contribution in [0.4, 0.5) is 0 Å². The molecule has 2 amide bonds. The van der Waals surface area contributed by atoms with Crippen molar-refractivity contribution in [3.8, 4) is 11.5 Å². The van der Waals surface area contributed by atoms with E-state index >= 15 is 0 Å². The van der Waals surface area contributed by atoms with E-state index in [9.17, 15) is 9.59 Å². The van der Waals surface area contributed by atoms with Crippen LogP contribution in [0.5, 0.6) is 11.5 Å². The molecule has 1 aromatic carbocycles. The first kappa shape index (κ1) is 23.0. The first-order valence-electron chi connectivity index (χ1n) is 10.8. The second kappa shape index (κ2) is 11.7. The maximum absolute atomic E-state index is 12.9. The molecular weight excluding hydrogens is 368 g/mol. The molecular formula is C23H36N2O4. The van der Waals surface area contributed by atoms with Gasteiger partial charge in [0.1, 0.15) is 11.5 Å². The second-order valence-electron chi connectivity index (χ2n) is 7.66. The van der Waals surface area contributed by atoms with Gasteiger partial charge in [-0.2, -0.15) is 0 Å². The number of rotatable bonds is 13. The van der Waals surface area contributed by atoms with Gasteiger partial charge in [-0.05, 0) is 50.3 Å². The Morgan fingerprint density at radius 2 is 1.66 bits per heavy atom. The van der Waals surface area contributed by atoms with E-state index in [1.165, 1.54) is 0 Å². The van der Waals surface area contributed by atoms with Crippen LogP contribution in [0.15, 0.2) is 18.2 Å². The van der Waals surface area contributed by atoms with Gasteiger partial charge in [-0.1, -0.05) is 13.8 Å². The van der Waals surface area contributed by atoms with Crippen LogP contribution in [-0.4, -0.2) is 55.0 Å². The molecule has 6 nitrogen and oxygen atoms in total. The van der Waals surface area contributed by atoms with Crippen LogP contribution in [0.3, 0.4) is 0 Å². The van der Waals surface area contributed by atoms with Gasteiger partial charge in [0.25, 0.3) is 0 Å². The number of hydrogen-bond acceptors (Lipinski definition) is 4. The molecule has 1 aliphatic rings. The van der Waals surface area contributed by atoms with Gasteiger partial charge in [-0.15, -0.1) is 0 Å². The van der Waals surface area contributed by atoms with E-state index in [-0.39, 0.29) is 11.8 Å². The van der Waals surface area contributed by atoms with Crippen LogP contribution < -0.4 is 9.47 Å². The number of nitrogens with zero attached hydrogens (tertiary/aromatic N) is 2. The number of hydrogen-bond donors (Lipinski definition) is 0. The van der Waals surface area contributed by atoms with E-state index in [1.54, 1.807) is 14.2 Å². The molecule has 0 radical (unpaired) electrons. The average Bonchev–Trinajstić information content (AvgIpc) is 3.56. The van der Waals surface area contributed by atoms with E-state index in [4.69, 9.17) is 9.47 Å². The lowest BCUT2D eigenvalue weighted by molar-refractivity contribution is -0.133. The third-order valence-electron chi connectivity index (χ3n) is 5.26. The van der Waals surface area contributed by atoms with E-state index in [2.05, 4.69) is 13.8 Å². The molecule has 0 N–H and O–H groups in total. The smallest absolute Gasteiger partial charge is 0.223 e. The van der Waals surface area contributed by atoms with E-state index in [1.807, 2.05) is 28.0 Å². The molecule has 1 fully saturated rings. The molecule has 1 saturated carbocycles. The monoisotopic (exact) mass is 404 g/mol.